The molecule has 1 atom stereocenters. The lowest BCUT2D eigenvalue weighted by atomic mass is 10.1. The molecule has 1 aromatic heterocycles. The molecule has 6 nitrogen and oxygen atoms in total. The maximum Gasteiger partial charge on any atom is 0.287 e. The topological polar surface area (TPSA) is 78.1 Å². The molecule has 132 valence electrons. The van der Waals surface area contributed by atoms with Gasteiger partial charge in [-0.05, 0) is 36.6 Å². The highest BCUT2D eigenvalue weighted by molar-refractivity contribution is 5.92. The predicted molar refractivity (Wildman–Crippen MR) is 101 cm³/mol. The largest absolute Gasteiger partial charge is 0.371 e. The Morgan fingerprint density at radius 3 is 2.77 bits per heavy atom. The van der Waals surface area contributed by atoms with Crippen LogP contribution in [0.5, 0.6) is 0 Å². The minimum atomic E-state index is -0.342. The maximum absolute atomic E-state index is 12.4. The van der Waals surface area contributed by atoms with Crippen LogP contribution in [0.25, 0.3) is 10.9 Å². The lowest BCUT2D eigenvalue weighted by Gasteiger charge is -2.18. The highest BCUT2D eigenvalue weighted by Gasteiger charge is 2.23. The molecule has 2 heterocycles. The van der Waals surface area contributed by atoms with Gasteiger partial charge in [-0.1, -0.05) is 30.3 Å². The fraction of sp³-hybridized carbons (Fsp3) is 0.250. The summed E-state index contributed by atoms with van der Waals surface area (Å²) in [6.45, 7) is 2.46. The number of fused-ring (bicyclic) bond motifs is 1. The van der Waals surface area contributed by atoms with Crippen molar-refractivity contribution in [1.29, 1.82) is 0 Å². The van der Waals surface area contributed by atoms with Gasteiger partial charge in [-0.25, -0.2) is 4.98 Å². The van der Waals surface area contributed by atoms with Gasteiger partial charge >= 0.3 is 0 Å². The first-order chi connectivity index (χ1) is 12.7. The number of carbonyl (C=O) groups is 1. The van der Waals surface area contributed by atoms with Crippen LogP contribution < -0.4 is 15.8 Å². The second-order valence-corrected chi connectivity index (χ2v) is 6.58. The number of nitrogens with zero attached hydrogens (tertiary/aromatic N) is 2. The van der Waals surface area contributed by atoms with Crippen molar-refractivity contribution in [3.05, 3.63) is 70.8 Å². The number of aromatic nitrogens is 2. The van der Waals surface area contributed by atoms with Crippen LogP contribution in [0.15, 0.2) is 59.4 Å². The molecule has 0 aliphatic carbocycles. The fourth-order valence-electron chi connectivity index (χ4n) is 3.39. The third-order valence-corrected chi connectivity index (χ3v) is 4.79. The van der Waals surface area contributed by atoms with Crippen LogP contribution >= 0.6 is 0 Å². The number of anilines is 1. The average Bonchev–Trinajstić information content (AvgIpc) is 3.16. The summed E-state index contributed by atoms with van der Waals surface area (Å²) < 4.78 is 0. The zero-order valence-electron chi connectivity index (χ0n) is 14.3. The van der Waals surface area contributed by atoms with Gasteiger partial charge in [-0.3, -0.25) is 9.59 Å². The number of hydrogen-bond donors (Lipinski definition) is 2. The summed E-state index contributed by atoms with van der Waals surface area (Å²) >= 11 is 0. The number of carbonyl (C=O) groups excluding carboxylic acids is 1. The average molecular weight is 348 g/mol. The van der Waals surface area contributed by atoms with Gasteiger partial charge in [0, 0.05) is 25.3 Å². The van der Waals surface area contributed by atoms with Gasteiger partial charge in [0.1, 0.15) is 0 Å². The third kappa shape index (κ3) is 3.31. The number of benzene rings is 2. The molecule has 1 unspecified atom stereocenters. The molecule has 2 aromatic carbocycles. The zero-order valence-corrected chi connectivity index (χ0v) is 14.3. The zero-order chi connectivity index (χ0) is 17.9. The van der Waals surface area contributed by atoms with Gasteiger partial charge in [-0.15, -0.1) is 0 Å². The second-order valence-electron chi connectivity index (χ2n) is 6.58. The summed E-state index contributed by atoms with van der Waals surface area (Å²) in [6.07, 6.45) is 1.02. The Morgan fingerprint density at radius 1 is 1.15 bits per heavy atom. The van der Waals surface area contributed by atoms with Gasteiger partial charge in [0.25, 0.3) is 11.5 Å². The number of amides is 1. The van der Waals surface area contributed by atoms with E-state index in [1.54, 1.807) is 24.3 Å². The van der Waals surface area contributed by atoms with Crippen LogP contribution in [-0.4, -0.2) is 35.5 Å². The van der Waals surface area contributed by atoms with E-state index < -0.39 is 0 Å². The first-order valence-electron chi connectivity index (χ1n) is 8.78. The Balaban J connectivity index is 1.40. The molecule has 0 saturated carbocycles. The molecule has 3 aromatic rings. The molecule has 0 radical (unpaired) electrons. The molecule has 0 bridgehead atoms. The van der Waals surface area contributed by atoms with E-state index in [0.717, 1.165) is 19.5 Å². The van der Waals surface area contributed by atoms with E-state index in [2.05, 4.69) is 32.3 Å². The summed E-state index contributed by atoms with van der Waals surface area (Å²) in [5.74, 6) is 0.101. The van der Waals surface area contributed by atoms with Crippen LogP contribution in [0, 0.1) is 5.92 Å². The minimum absolute atomic E-state index is 0.0617. The molecule has 2 N–H and O–H groups in total. The predicted octanol–water partition coefficient (Wildman–Crippen LogP) is 2.18. The van der Waals surface area contributed by atoms with Gasteiger partial charge in [0.15, 0.2) is 5.82 Å². The van der Waals surface area contributed by atoms with E-state index in [-0.39, 0.29) is 17.3 Å². The van der Waals surface area contributed by atoms with E-state index in [1.165, 1.54) is 5.69 Å². The summed E-state index contributed by atoms with van der Waals surface area (Å²) in [6, 6.07) is 17.3. The molecule has 1 aliphatic rings. The molecular weight excluding hydrogens is 328 g/mol. The molecule has 1 fully saturated rings. The second kappa shape index (κ2) is 7.00. The standard InChI is InChI=1S/C20H20N4O2/c25-19-16-8-4-5-9-17(16)22-18(23-19)20(26)21-12-14-10-11-24(13-14)15-6-2-1-3-7-15/h1-9,14H,10-13H2,(H,21,26)(H,22,23,25). The van der Waals surface area contributed by atoms with E-state index in [1.807, 2.05) is 18.2 Å². The van der Waals surface area contributed by atoms with Crippen LogP contribution in [-0.2, 0) is 0 Å². The molecule has 1 saturated heterocycles. The van der Waals surface area contributed by atoms with Crippen LogP contribution in [0.1, 0.15) is 17.0 Å². The number of H-pyrrole nitrogens is 1. The smallest absolute Gasteiger partial charge is 0.287 e. The van der Waals surface area contributed by atoms with E-state index in [9.17, 15) is 9.59 Å². The van der Waals surface area contributed by atoms with Crippen molar-refractivity contribution < 1.29 is 4.79 Å². The number of hydrogen-bond acceptors (Lipinski definition) is 4. The molecule has 1 aliphatic heterocycles. The number of para-hydroxylation sites is 2. The number of nitrogens with one attached hydrogen (secondary N) is 2. The lowest BCUT2D eigenvalue weighted by molar-refractivity contribution is 0.0938. The van der Waals surface area contributed by atoms with Crippen molar-refractivity contribution in [2.75, 3.05) is 24.5 Å². The Kier molecular flexibility index (Phi) is 4.39. The Bertz CT molecular complexity index is 984. The molecule has 1 amide bonds. The van der Waals surface area contributed by atoms with E-state index in [0.29, 0.717) is 23.4 Å². The first-order valence-corrected chi connectivity index (χ1v) is 8.78. The Hall–Kier alpha value is -3.15. The summed E-state index contributed by atoms with van der Waals surface area (Å²) in [5, 5.41) is 3.39. The normalized spacial score (nSPS) is 16.8. The highest BCUT2D eigenvalue weighted by atomic mass is 16.2. The quantitative estimate of drug-likeness (QED) is 0.757. The van der Waals surface area contributed by atoms with Crippen molar-refractivity contribution in [2.24, 2.45) is 5.92 Å². The van der Waals surface area contributed by atoms with Crippen LogP contribution in [0.2, 0.25) is 0 Å². The van der Waals surface area contributed by atoms with Gasteiger partial charge in [0.05, 0.1) is 10.9 Å². The monoisotopic (exact) mass is 348 g/mol. The van der Waals surface area contributed by atoms with Crippen molar-refractivity contribution in [3.63, 3.8) is 0 Å². The first kappa shape index (κ1) is 16.3. The molecular formula is C20H20N4O2. The van der Waals surface area contributed by atoms with E-state index >= 15 is 0 Å². The Morgan fingerprint density at radius 2 is 1.92 bits per heavy atom. The minimum Gasteiger partial charge on any atom is -0.371 e. The van der Waals surface area contributed by atoms with Crippen molar-refractivity contribution in [1.82, 2.24) is 15.3 Å². The van der Waals surface area contributed by atoms with Gasteiger partial charge in [0.2, 0.25) is 0 Å². The van der Waals surface area contributed by atoms with Gasteiger partial charge in [-0.2, -0.15) is 0 Å². The lowest BCUT2D eigenvalue weighted by Crippen LogP contribution is -2.33. The van der Waals surface area contributed by atoms with Crippen molar-refractivity contribution >= 4 is 22.5 Å². The molecule has 0 spiro atoms. The fourth-order valence-corrected chi connectivity index (χ4v) is 3.39. The third-order valence-electron chi connectivity index (χ3n) is 4.79. The highest BCUT2D eigenvalue weighted by Crippen LogP contribution is 2.22. The summed E-state index contributed by atoms with van der Waals surface area (Å²) in [5.41, 5.74) is 1.44. The molecule has 4 rings (SSSR count). The summed E-state index contributed by atoms with van der Waals surface area (Å²) in [7, 11) is 0. The summed E-state index contributed by atoms with van der Waals surface area (Å²) in [4.78, 5) is 33.6. The van der Waals surface area contributed by atoms with Gasteiger partial charge < -0.3 is 15.2 Å². The van der Waals surface area contributed by atoms with E-state index in [4.69, 9.17) is 0 Å². The van der Waals surface area contributed by atoms with Crippen LogP contribution in [0.4, 0.5) is 5.69 Å². The maximum atomic E-state index is 12.4. The molecule has 6 heteroatoms. The number of aromatic amines is 1. The Labute approximate surface area is 150 Å². The van der Waals surface area contributed by atoms with Crippen LogP contribution in [0.3, 0.4) is 0 Å². The molecule has 26 heavy (non-hydrogen) atoms. The van der Waals surface area contributed by atoms with Crippen molar-refractivity contribution in [2.45, 2.75) is 6.42 Å². The number of rotatable bonds is 4. The van der Waals surface area contributed by atoms with Crippen molar-refractivity contribution in [3.8, 4) is 0 Å². The SMILES string of the molecule is O=C(NCC1CCN(c2ccccc2)C1)c1nc2ccccc2c(=O)[nH]1.